The highest BCUT2D eigenvalue weighted by Gasteiger charge is 2.16. The number of thiol groups is 1. The number of carbonyl (C=O) groups is 1. The van der Waals surface area contributed by atoms with Crippen molar-refractivity contribution in [2.24, 2.45) is 0 Å². The maximum Gasteiger partial charge on any atom is 0.171 e. The molecule has 0 aliphatic rings. The molecular formula is C24H20OS. The summed E-state index contributed by atoms with van der Waals surface area (Å²) in [5.74, 6) is 0.733. The molecular weight excluding hydrogens is 336 g/mol. The first-order valence-corrected chi connectivity index (χ1v) is 10.2. The third-order valence-corrected chi connectivity index (χ3v) is 6.96. The van der Waals surface area contributed by atoms with Crippen LogP contribution in [0.3, 0.4) is 0 Å². The van der Waals surface area contributed by atoms with Crippen molar-refractivity contribution in [1.29, 1.82) is 0 Å². The molecule has 1 nitrogen and oxygen atoms in total. The van der Waals surface area contributed by atoms with E-state index in [-0.39, 0.29) is 5.78 Å². The monoisotopic (exact) mass is 356 g/mol. The number of fused-ring (bicyclic) bond motifs is 1. The molecule has 4 aromatic rings. The summed E-state index contributed by atoms with van der Waals surface area (Å²) in [6.45, 7) is 0. The average Bonchev–Trinajstić information content (AvgIpc) is 2.72. The summed E-state index contributed by atoms with van der Waals surface area (Å²) in [5.41, 5.74) is 0.795. The fourth-order valence-electron chi connectivity index (χ4n) is 3.15. The number of carbonyl (C=O) groups excluding carboxylic acids is 1. The zero-order valence-electron chi connectivity index (χ0n) is 14.4. The van der Waals surface area contributed by atoms with Crippen molar-refractivity contribution in [2.75, 3.05) is 5.75 Å². The summed E-state index contributed by atoms with van der Waals surface area (Å²) in [5, 5.41) is 2.28. The number of Topliss-reactive ketones (excluding diaryl/α,β-unsaturated/α-hetero) is 1. The third kappa shape index (κ3) is 3.56. The van der Waals surface area contributed by atoms with Crippen LogP contribution in [0.2, 0.25) is 0 Å². The van der Waals surface area contributed by atoms with Crippen LogP contribution in [0, 0.1) is 0 Å². The van der Waals surface area contributed by atoms with Crippen molar-refractivity contribution in [3.05, 3.63) is 109 Å². The Bertz CT molecular complexity index is 986. The maximum absolute atomic E-state index is 13.1. The molecule has 0 radical (unpaired) electrons. The zero-order valence-corrected chi connectivity index (χ0v) is 15.3. The number of benzene rings is 4. The number of hydrogen-bond acceptors (Lipinski definition) is 1. The molecule has 0 amide bonds. The molecule has 0 N–H and O–H groups in total. The van der Waals surface area contributed by atoms with E-state index in [0.717, 1.165) is 16.3 Å². The average molecular weight is 356 g/mol. The third-order valence-electron chi connectivity index (χ3n) is 4.51. The molecule has 0 bridgehead atoms. The molecule has 0 heterocycles. The minimum absolute atomic E-state index is 0.203. The van der Waals surface area contributed by atoms with Gasteiger partial charge in [0.1, 0.15) is 0 Å². The molecule has 0 atom stereocenters. The van der Waals surface area contributed by atoms with E-state index in [9.17, 15) is 4.79 Å². The van der Waals surface area contributed by atoms with Gasteiger partial charge in [-0.25, -0.2) is 0 Å². The molecule has 4 aromatic carbocycles. The lowest BCUT2D eigenvalue weighted by Crippen LogP contribution is -2.07. The molecule has 0 fully saturated rings. The molecule has 26 heavy (non-hydrogen) atoms. The zero-order chi connectivity index (χ0) is 17.8. The Balaban J connectivity index is 1.67. The normalized spacial score (nSPS) is 11.3. The molecule has 0 aliphatic heterocycles. The molecule has 4 rings (SSSR count). The van der Waals surface area contributed by atoms with Gasteiger partial charge in [0, 0.05) is 11.3 Å². The van der Waals surface area contributed by atoms with E-state index >= 15 is 0 Å². The van der Waals surface area contributed by atoms with Crippen LogP contribution in [0.4, 0.5) is 0 Å². The van der Waals surface area contributed by atoms with Crippen LogP contribution in [0.1, 0.15) is 10.4 Å². The Morgan fingerprint density at radius 2 is 1.15 bits per heavy atom. The van der Waals surface area contributed by atoms with Gasteiger partial charge in [-0.05, 0) is 50.9 Å². The van der Waals surface area contributed by atoms with Gasteiger partial charge in [0.25, 0.3) is 0 Å². The van der Waals surface area contributed by atoms with Crippen LogP contribution >= 0.6 is 10.9 Å². The summed E-state index contributed by atoms with van der Waals surface area (Å²) in [6, 6.07) is 34.9. The van der Waals surface area contributed by atoms with Crippen LogP contribution in [0.15, 0.2) is 113 Å². The molecule has 0 spiro atoms. The van der Waals surface area contributed by atoms with Crippen LogP contribution in [-0.2, 0) is 0 Å². The van der Waals surface area contributed by atoms with Gasteiger partial charge in [-0.3, -0.25) is 4.79 Å². The van der Waals surface area contributed by atoms with E-state index in [1.807, 2.05) is 66.7 Å². The van der Waals surface area contributed by atoms with Gasteiger partial charge >= 0.3 is 0 Å². The SMILES string of the molecule is O=C(C[SH](c1ccccc1)c1ccccc1)c1ccc2ccccc2c1. The van der Waals surface area contributed by atoms with Crippen LogP contribution in [-0.4, -0.2) is 11.5 Å². The van der Waals surface area contributed by atoms with Crippen molar-refractivity contribution in [1.82, 2.24) is 0 Å². The van der Waals surface area contributed by atoms with Crippen molar-refractivity contribution in [3.8, 4) is 0 Å². The highest BCUT2D eigenvalue weighted by atomic mass is 32.2. The standard InChI is InChI=1S/C24H20OS/c25-24(21-16-15-19-9-7-8-10-20(19)17-21)18-26(22-11-3-1-4-12-22)23-13-5-2-6-14-23/h1-17,26H,18H2. The molecule has 0 saturated heterocycles. The Morgan fingerprint density at radius 3 is 1.77 bits per heavy atom. The fourth-order valence-corrected chi connectivity index (χ4v) is 5.34. The van der Waals surface area contributed by atoms with Crippen LogP contribution in [0.5, 0.6) is 0 Å². The predicted octanol–water partition coefficient (Wildman–Crippen LogP) is 6.14. The molecule has 2 heteroatoms. The number of hydrogen-bond donors (Lipinski definition) is 1. The maximum atomic E-state index is 13.1. The molecule has 0 aliphatic carbocycles. The van der Waals surface area contributed by atoms with E-state index in [1.54, 1.807) is 0 Å². The Labute approximate surface area is 156 Å². The second-order valence-corrected chi connectivity index (χ2v) is 8.45. The molecule has 128 valence electrons. The number of rotatable bonds is 5. The topological polar surface area (TPSA) is 17.1 Å². The Morgan fingerprint density at radius 1 is 0.615 bits per heavy atom. The van der Waals surface area contributed by atoms with Gasteiger partial charge in [-0.1, -0.05) is 72.8 Å². The van der Waals surface area contributed by atoms with Gasteiger partial charge in [0.05, 0.1) is 0 Å². The van der Waals surface area contributed by atoms with Crippen molar-refractivity contribution in [2.45, 2.75) is 9.79 Å². The van der Waals surface area contributed by atoms with E-state index in [0.29, 0.717) is 5.75 Å². The summed E-state index contributed by atoms with van der Waals surface area (Å²) < 4.78 is 0. The minimum Gasteiger partial charge on any atom is -0.293 e. The van der Waals surface area contributed by atoms with Crippen molar-refractivity contribution in [3.63, 3.8) is 0 Å². The molecule has 0 saturated carbocycles. The first kappa shape index (κ1) is 16.6. The molecule has 0 unspecified atom stereocenters. The highest BCUT2D eigenvalue weighted by molar-refractivity contribution is 8.17. The van der Waals surface area contributed by atoms with Crippen LogP contribution in [0.25, 0.3) is 10.8 Å². The second kappa shape index (κ2) is 7.59. The van der Waals surface area contributed by atoms with Crippen molar-refractivity contribution >= 4 is 27.5 Å². The van der Waals surface area contributed by atoms with Gasteiger partial charge in [-0.2, -0.15) is 10.9 Å². The van der Waals surface area contributed by atoms with E-state index < -0.39 is 10.9 Å². The van der Waals surface area contributed by atoms with E-state index in [2.05, 4.69) is 36.4 Å². The summed E-state index contributed by atoms with van der Waals surface area (Å²) in [4.78, 5) is 15.5. The summed E-state index contributed by atoms with van der Waals surface area (Å²) in [6.07, 6.45) is 0. The van der Waals surface area contributed by atoms with Crippen LogP contribution < -0.4 is 0 Å². The predicted molar refractivity (Wildman–Crippen MR) is 112 cm³/mol. The number of ketones is 1. The summed E-state index contributed by atoms with van der Waals surface area (Å²) >= 11 is 0. The van der Waals surface area contributed by atoms with Gasteiger partial charge in [0.15, 0.2) is 5.78 Å². The first-order chi connectivity index (χ1) is 12.8. The highest BCUT2D eigenvalue weighted by Crippen LogP contribution is 2.44. The van der Waals surface area contributed by atoms with Gasteiger partial charge < -0.3 is 0 Å². The largest absolute Gasteiger partial charge is 0.293 e. The van der Waals surface area contributed by atoms with Gasteiger partial charge in [-0.15, -0.1) is 0 Å². The van der Waals surface area contributed by atoms with E-state index in [4.69, 9.17) is 0 Å². The first-order valence-electron chi connectivity index (χ1n) is 8.71. The van der Waals surface area contributed by atoms with Gasteiger partial charge in [0.2, 0.25) is 0 Å². The quantitative estimate of drug-likeness (QED) is 0.336. The lowest BCUT2D eigenvalue weighted by Gasteiger charge is -2.22. The minimum atomic E-state index is -0.707. The molecule has 0 aromatic heterocycles. The van der Waals surface area contributed by atoms with Crippen molar-refractivity contribution < 1.29 is 4.79 Å². The lowest BCUT2D eigenvalue weighted by atomic mass is 10.1. The smallest absolute Gasteiger partial charge is 0.171 e. The lowest BCUT2D eigenvalue weighted by molar-refractivity contribution is 0.102. The van der Waals surface area contributed by atoms with E-state index in [1.165, 1.54) is 9.79 Å². The Hall–Kier alpha value is -2.84. The fraction of sp³-hybridized carbons (Fsp3) is 0.0417. The second-order valence-electron chi connectivity index (χ2n) is 6.24. The summed E-state index contributed by atoms with van der Waals surface area (Å²) in [7, 11) is -0.707. The Kier molecular flexibility index (Phi) is 4.85.